The summed E-state index contributed by atoms with van der Waals surface area (Å²) in [4.78, 5) is 30.9. The van der Waals surface area contributed by atoms with Gasteiger partial charge < -0.3 is 19.1 Å². The van der Waals surface area contributed by atoms with Crippen molar-refractivity contribution < 1.29 is 37.4 Å². The molecule has 0 aliphatic rings. The largest absolute Gasteiger partial charge is 0.496 e. The average molecular weight is 515 g/mol. The molecular formula is C27H28F2N2O6. The zero-order valence-electron chi connectivity index (χ0n) is 20.8. The second-order valence-corrected chi connectivity index (χ2v) is 7.93. The van der Waals surface area contributed by atoms with Gasteiger partial charge >= 0.3 is 0 Å². The smallest absolute Gasteiger partial charge is 0.263 e. The molecule has 196 valence electrons. The molecule has 0 aliphatic heterocycles. The lowest BCUT2D eigenvalue weighted by Crippen LogP contribution is -2.42. The van der Waals surface area contributed by atoms with Crippen LogP contribution < -0.4 is 15.0 Å². The maximum absolute atomic E-state index is 13.8. The number of methoxy groups -OCH3 is 2. The molecule has 0 aromatic heterocycles. The summed E-state index contributed by atoms with van der Waals surface area (Å²) in [6.45, 7) is 0.479. The van der Waals surface area contributed by atoms with Crippen LogP contribution >= 0.6 is 0 Å². The van der Waals surface area contributed by atoms with Crippen LogP contribution in [0.2, 0.25) is 0 Å². The van der Waals surface area contributed by atoms with Gasteiger partial charge in [-0.15, -0.1) is 0 Å². The molecule has 37 heavy (non-hydrogen) atoms. The van der Waals surface area contributed by atoms with Gasteiger partial charge in [-0.25, -0.2) is 14.3 Å². The molecule has 3 aromatic carbocycles. The number of carbonyl (C=O) groups excluding carboxylic acids is 2. The number of ether oxygens (including phenoxy) is 3. The van der Waals surface area contributed by atoms with E-state index in [1.54, 1.807) is 42.5 Å². The van der Waals surface area contributed by atoms with Crippen LogP contribution in [0.3, 0.4) is 0 Å². The maximum Gasteiger partial charge on any atom is 0.263 e. The SMILES string of the molecule is COCCN(CC(=O)NOC)C(=O)c1cccc(COc2ccc(-c3cc(F)c(F)cc3OC)cc2)c1. The maximum atomic E-state index is 13.8. The van der Waals surface area contributed by atoms with Crippen LogP contribution in [0.1, 0.15) is 15.9 Å². The van der Waals surface area contributed by atoms with Crippen LogP contribution in [-0.4, -0.2) is 57.7 Å². The summed E-state index contributed by atoms with van der Waals surface area (Å²) >= 11 is 0. The number of halogens is 2. The first-order chi connectivity index (χ1) is 17.9. The Kier molecular flexibility index (Phi) is 9.93. The normalized spacial score (nSPS) is 10.6. The first-order valence-corrected chi connectivity index (χ1v) is 11.3. The lowest BCUT2D eigenvalue weighted by molar-refractivity contribution is -0.132. The number of benzene rings is 3. The van der Waals surface area contributed by atoms with Gasteiger partial charge in [0.2, 0.25) is 0 Å². The van der Waals surface area contributed by atoms with Crippen molar-refractivity contribution in [2.24, 2.45) is 0 Å². The first-order valence-electron chi connectivity index (χ1n) is 11.3. The highest BCUT2D eigenvalue weighted by Crippen LogP contribution is 2.33. The third kappa shape index (κ3) is 7.48. The monoisotopic (exact) mass is 514 g/mol. The molecule has 0 unspecified atom stereocenters. The van der Waals surface area contributed by atoms with Crippen LogP contribution in [-0.2, 0) is 21.0 Å². The number of nitrogens with zero attached hydrogens (tertiary/aromatic N) is 1. The summed E-state index contributed by atoms with van der Waals surface area (Å²) in [7, 11) is 4.21. The predicted molar refractivity (Wildman–Crippen MR) is 132 cm³/mol. The highest BCUT2D eigenvalue weighted by atomic mass is 19.2. The second kappa shape index (κ2) is 13.3. The zero-order chi connectivity index (χ0) is 26.8. The van der Waals surface area contributed by atoms with Gasteiger partial charge in [-0.3, -0.25) is 14.4 Å². The molecule has 0 saturated carbocycles. The highest BCUT2D eigenvalue weighted by molar-refractivity contribution is 5.96. The number of carbonyl (C=O) groups is 2. The Morgan fingerprint density at radius 1 is 0.946 bits per heavy atom. The zero-order valence-corrected chi connectivity index (χ0v) is 20.8. The van der Waals surface area contributed by atoms with Crippen LogP contribution in [0.5, 0.6) is 11.5 Å². The van der Waals surface area contributed by atoms with Crippen LogP contribution in [0.4, 0.5) is 8.78 Å². The van der Waals surface area contributed by atoms with Gasteiger partial charge in [0.05, 0.1) is 20.8 Å². The molecule has 0 radical (unpaired) electrons. The topological polar surface area (TPSA) is 86.3 Å². The Morgan fingerprint density at radius 2 is 1.68 bits per heavy atom. The van der Waals surface area contributed by atoms with E-state index < -0.39 is 17.5 Å². The summed E-state index contributed by atoms with van der Waals surface area (Å²) < 4.78 is 43.3. The van der Waals surface area contributed by atoms with E-state index in [0.29, 0.717) is 22.4 Å². The Labute approximate surface area is 213 Å². The van der Waals surface area contributed by atoms with Crippen molar-refractivity contribution in [3.8, 4) is 22.6 Å². The fourth-order valence-corrected chi connectivity index (χ4v) is 3.57. The minimum absolute atomic E-state index is 0.178. The number of hydroxylamine groups is 1. The van der Waals surface area contributed by atoms with Gasteiger partial charge in [-0.2, -0.15) is 0 Å². The van der Waals surface area contributed by atoms with Crippen molar-refractivity contribution in [2.45, 2.75) is 6.61 Å². The summed E-state index contributed by atoms with van der Waals surface area (Å²) in [5.41, 5.74) is 4.37. The van der Waals surface area contributed by atoms with Gasteiger partial charge in [0, 0.05) is 30.8 Å². The minimum atomic E-state index is -0.985. The number of nitrogens with one attached hydrogen (secondary N) is 1. The van der Waals surface area contributed by atoms with Gasteiger partial charge in [0.25, 0.3) is 11.8 Å². The van der Waals surface area contributed by atoms with E-state index in [0.717, 1.165) is 17.7 Å². The summed E-state index contributed by atoms with van der Waals surface area (Å²) in [5.74, 6) is -1.99. The predicted octanol–water partition coefficient (Wildman–Crippen LogP) is 3.99. The van der Waals surface area contributed by atoms with Gasteiger partial charge in [-0.1, -0.05) is 24.3 Å². The lowest BCUT2D eigenvalue weighted by atomic mass is 10.0. The van der Waals surface area contributed by atoms with Crippen molar-refractivity contribution in [3.05, 3.63) is 83.4 Å². The molecular weight excluding hydrogens is 486 g/mol. The van der Waals surface area contributed by atoms with E-state index in [4.69, 9.17) is 14.2 Å². The molecule has 1 N–H and O–H groups in total. The van der Waals surface area contributed by atoms with Crippen molar-refractivity contribution >= 4 is 11.8 Å². The molecule has 8 nitrogen and oxygen atoms in total. The number of amides is 2. The molecule has 0 bridgehead atoms. The number of rotatable bonds is 12. The molecule has 2 amide bonds. The fraction of sp³-hybridized carbons (Fsp3) is 0.259. The molecule has 0 spiro atoms. The van der Waals surface area contributed by atoms with E-state index in [2.05, 4.69) is 10.3 Å². The Morgan fingerprint density at radius 3 is 2.35 bits per heavy atom. The molecule has 0 aliphatic carbocycles. The van der Waals surface area contributed by atoms with E-state index in [9.17, 15) is 18.4 Å². The van der Waals surface area contributed by atoms with Crippen LogP contribution in [0.15, 0.2) is 60.7 Å². The van der Waals surface area contributed by atoms with E-state index in [1.165, 1.54) is 26.2 Å². The summed E-state index contributed by atoms with van der Waals surface area (Å²) in [6, 6.07) is 15.8. The van der Waals surface area contributed by atoms with Crippen molar-refractivity contribution in [1.82, 2.24) is 10.4 Å². The first kappa shape index (κ1) is 27.6. The molecule has 0 saturated heterocycles. The molecule has 0 fully saturated rings. The van der Waals surface area contributed by atoms with Crippen molar-refractivity contribution in [3.63, 3.8) is 0 Å². The number of hydrogen-bond donors (Lipinski definition) is 1. The number of hydrogen-bond acceptors (Lipinski definition) is 6. The highest BCUT2D eigenvalue weighted by Gasteiger charge is 2.19. The van der Waals surface area contributed by atoms with E-state index >= 15 is 0 Å². The minimum Gasteiger partial charge on any atom is -0.496 e. The standard InChI is InChI=1S/C27H28F2N2O6/c1-34-12-11-31(16-26(32)30-36-3)27(33)20-6-4-5-18(13-20)17-37-21-9-7-19(8-10-21)22-14-23(28)24(29)15-25(22)35-2/h4-10,13-15H,11-12,16-17H2,1-3H3,(H,30,32). The average Bonchev–Trinajstić information content (AvgIpc) is 2.91. The second-order valence-electron chi connectivity index (χ2n) is 7.93. The Hall–Kier alpha value is -4.02. The molecule has 3 rings (SSSR count). The molecule has 3 aromatic rings. The van der Waals surface area contributed by atoms with Crippen molar-refractivity contribution in [2.75, 3.05) is 41.0 Å². The molecule has 10 heteroatoms. The lowest BCUT2D eigenvalue weighted by Gasteiger charge is -2.22. The molecule has 0 heterocycles. The summed E-state index contributed by atoms with van der Waals surface area (Å²) in [6.07, 6.45) is 0. The Bertz CT molecular complexity index is 1220. The third-order valence-electron chi connectivity index (χ3n) is 5.39. The van der Waals surface area contributed by atoms with Gasteiger partial charge in [0.1, 0.15) is 24.7 Å². The van der Waals surface area contributed by atoms with Crippen LogP contribution in [0, 0.1) is 11.6 Å². The van der Waals surface area contributed by atoms with Crippen molar-refractivity contribution in [1.29, 1.82) is 0 Å². The fourth-order valence-electron chi connectivity index (χ4n) is 3.57. The van der Waals surface area contributed by atoms with Gasteiger partial charge in [0.15, 0.2) is 11.6 Å². The van der Waals surface area contributed by atoms with E-state index in [1.807, 2.05) is 6.07 Å². The Balaban J connectivity index is 1.69. The van der Waals surface area contributed by atoms with Crippen LogP contribution in [0.25, 0.3) is 11.1 Å². The summed E-state index contributed by atoms with van der Waals surface area (Å²) in [5, 5.41) is 0. The third-order valence-corrected chi connectivity index (χ3v) is 5.39. The van der Waals surface area contributed by atoms with Gasteiger partial charge in [-0.05, 0) is 41.5 Å². The molecule has 0 atom stereocenters. The van der Waals surface area contributed by atoms with E-state index in [-0.39, 0.29) is 38.0 Å². The quantitative estimate of drug-likeness (QED) is 0.368.